The second kappa shape index (κ2) is 7.68. The first-order valence-electron chi connectivity index (χ1n) is 5.47. The van der Waals surface area contributed by atoms with Gasteiger partial charge in [-0.1, -0.05) is 31.9 Å². The molecule has 0 heterocycles. The summed E-state index contributed by atoms with van der Waals surface area (Å²) in [6.07, 6.45) is 0.730. The zero-order chi connectivity index (χ0) is 13.5. The van der Waals surface area contributed by atoms with Crippen LogP contribution in [0.25, 0.3) is 0 Å². The van der Waals surface area contributed by atoms with Gasteiger partial charge in [-0.3, -0.25) is 20.7 Å². The van der Waals surface area contributed by atoms with E-state index in [2.05, 4.69) is 53.1 Å². The van der Waals surface area contributed by atoms with Crippen molar-refractivity contribution in [3.63, 3.8) is 0 Å². The predicted octanol–water partition coefficient (Wildman–Crippen LogP) is 0.353. The second-order valence-corrected chi connectivity index (χ2v) is 6.30. The van der Waals surface area contributed by atoms with Crippen LogP contribution in [0, 0.1) is 0 Å². The molecule has 17 heavy (non-hydrogen) atoms. The number of carbonyl (C=O) groups is 1. The molecule has 1 amide bonds. The quantitative estimate of drug-likeness (QED) is 0.366. The standard InChI is InChI=1S/C10H22Br2N4O/c1-9(12,7-11)8(17)16-6-5-10(13-2,14-3)15-4/h13-15H,5-7H2,1-4H3,(H,16,17). The van der Waals surface area contributed by atoms with Crippen LogP contribution in [0.3, 0.4) is 0 Å². The molecule has 0 aromatic carbocycles. The van der Waals surface area contributed by atoms with Crippen LogP contribution in [0.4, 0.5) is 0 Å². The van der Waals surface area contributed by atoms with Gasteiger partial charge in [0.1, 0.15) is 10.1 Å². The molecule has 7 heteroatoms. The van der Waals surface area contributed by atoms with E-state index < -0.39 is 4.32 Å². The number of halogens is 2. The minimum Gasteiger partial charge on any atom is -0.355 e. The van der Waals surface area contributed by atoms with Gasteiger partial charge in [0.2, 0.25) is 5.91 Å². The van der Waals surface area contributed by atoms with E-state index in [1.165, 1.54) is 0 Å². The van der Waals surface area contributed by atoms with Crippen LogP contribution in [-0.2, 0) is 4.79 Å². The van der Waals surface area contributed by atoms with Crippen molar-refractivity contribution in [2.45, 2.75) is 23.5 Å². The fourth-order valence-corrected chi connectivity index (χ4v) is 1.75. The summed E-state index contributed by atoms with van der Waals surface area (Å²) in [5.41, 5.74) is 0. The highest BCUT2D eigenvalue weighted by atomic mass is 79.9. The maximum absolute atomic E-state index is 11.8. The zero-order valence-corrected chi connectivity index (χ0v) is 14.0. The summed E-state index contributed by atoms with van der Waals surface area (Å²) in [5.74, 6) is -0.378. The lowest BCUT2D eigenvalue weighted by Gasteiger charge is -2.33. The van der Waals surface area contributed by atoms with E-state index in [0.29, 0.717) is 11.9 Å². The molecule has 0 aliphatic carbocycles. The average molecular weight is 374 g/mol. The SMILES string of the molecule is CNC(CCNC(=O)C(C)(Br)CBr)(NC)NC. The van der Waals surface area contributed by atoms with Crippen LogP contribution in [0.5, 0.6) is 0 Å². The van der Waals surface area contributed by atoms with E-state index in [1.54, 1.807) is 0 Å². The summed E-state index contributed by atoms with van der Waals surface area (Å²) in [4.78, 5) is 11.8. The molecule has 5 nitrogen and oxygen atoms in total. The molecule has 1 atom stereocenters. The van der Waals surface area contributed by atoms with Crippen molar-refractivity contribution in [1.82, 2.24) is 21.3 Å². The molecule has 0 spiro atoms. The Bertz CT molecular complexity index is 236. The number of rotatable bonds is 8. The monoisotopic (exact) mass is 372 g/mol. The molecule has 0 aliphatic heterocycles. The summed E-state index contributed by atoms with van der Waals surface area (Å²) in [6.45, 7) is 2.41. The maximum Gasteiger partial charge on any atom is 0.237 e. The molecular formula is C10H22Br2N4O. The molecule has 0 saturated carbocycles. The lowest BCUT2D eigenvalue weighted by molar-refractivity contribution is -0.122. The lowest BCUT2D eigenvalue weighted by atomic mass is 10.2. The van der Waals surface area contributed by atoms with E-state index in [4.69, 9.17) is 0 Å². The highest BCUT2D eigenvalue weighted by Gasteiger charge is 2.29. The van der Waals surface area contributed by atoms with Crippen molar-refractivity contribution >= 4 is 37.8 Å². The van der Waals surface area contributed by atoms with E-state index in [0.717, 1.165) is 6.42 Å². The van der Waals surface area contributed by atoms with Crippen molar-refractivity contribution < 1.29 is 4.79 Å². The Kier molecular flexibility index (Phi) is 7.82. The second-order valence-electron chi connectivity index (χ2n) is 3.99. The van der Waals surface area contributed by atoms with Crippen molar-refractivity contribution in [2.24, 2.45) is 0 Å². The highest BCUT2D eigenvalue weighted by molar-refractivity contribution is 9.12. The predicted molar refractivity (Wildman–Crippen MR) is 78.7 cm³/mol. The third kappa shape index (κ3) is 5.21. The van der Waals surface area contributed by atoms with Crippen molar-refractivity contribution in [2.75, 3.05) is 33.0 Å². The smallest absolute Gasteiger partial charge is 0.237 e. The van der Waals surface area contributed by atoms with Gasteiger partial charge in [-0.15, -0.1) is 0 Å². The Morgan fingerprint density at radius 3 is 2.00 bits per heavy atom. The van der Waals surface area contributed by atoms with E-state index in [9.17, 15) is 4.79 Å². The average Bonchev–Trinajstić information content (AvgIpc) is 2.35. The fraction of sp³-hybridized carbons (Fsp3) is 0.900. The number of carbonyl (C=O) groups excluding carboxylic acids is 1. The largest absolute Gasteiger partial charge is 0.355 e. The van der Waals surface area contributed by atoms with Gasteiger partial charge in [-0.2, -0.15) is 0 Å². The molecule has 0 bridgehead atoms. The van der Waals surface area contributed by atoms with E-state index in [-0.39, 0.29) is 11.7 Å². The van der Waals surface area contributed by atoms with Gasteiger partial charge in [-0.05, 0) is 28.1 Å². The fourth-order valence-electron chi connectivity index (χ4n) is 1.36. The summed E-state index contributed by atoms with van der Waals surface area (Å²) in [7, 11) is 5.59. The molecule has 0 aliphatic rings. The lowest BCUT2D eigenvalue weighted by Crippen LogP contribution is -2.64. The van der Waals surface area contributed by atoms with Gasteiger partial charge in [0.25, 0.3) is 0 Å². The van der Waals surface area contributed by atoms with Gasteiger partial charge in [0.05, 0.1) is 0 Å². The molecule has 4 N–H and O–H groups in total. The Morgan fingerprint density at radius 1 is 1.18 bits per heavy atom. The summed E-state index contributed by atoms with van der Waals surface area (Å²) in [6, 6.07) is 0. The molecule has 0 fully saturated rings. The summed E-state index contributed by atoms with van der Waals surface area (Å²) >= 11 is 6.67. The molecule has 0 radical (unpaired) electrons. The van der Waals surface area contributed by atoms with E-state index >= 15 is 0 Å². The summed E-state index contributed by atoms with van der Waals surface area (Å²) < 4.78 is -0.561. The van der Waals surface area contributed by atoms with E-state index in [1.807, 2.05) is 28.1 Å². The van der Waals surface area contributed by atoms with Crippen LogP contribution in [0.2, 0.25) is 0 Å². The van der Waals surface area contributed by atoms with Crippen LogP contribution in [0.15, 0.2) is 0 Å². The van der Waals surface area contributed by atoms with Crippen LogP contribution >= 0.6 is 31.9 Å². The topological polar surface area (TPSA) is 65.2 Å². The first-order valence-corrected chi connectivity index (χ1v) is 7.39. The zero-order valence-electron chi connectivity index (χ0n) is 10.8. The van der Waals surface area contributed by atoms with Gasteiger partial charge in [0, 0.05) is 18.3 Å². The first-order chi connectivity index (χ1) is 7.87. The van der Waals surface area contributed by atoms with Crippen molar-refractivity contribution in [3.8, 4) is 0 Å². The number of hydrogen-bond acceptors (Lipinski definition) is 4. The van der Waals surface area contributed by atoms with Crippen LogP contribution < -0.4 is 21.3 Å². The van der Waals surface area contributed by atoms with Gasteiger partial charge >= 0.3 is 0 Å². The number of alkyl halides is 2. The third-order valence-electron chi connectivity index (χ3n) is 2.79. The normalized spacial score (nSPS) is 15.4. The maximum atomic E-state index is 11.8. The Labute approximate surface area is 120 Å². The minimum absolute atomic E-state index is 0.0217. The Balaban J connectivity index is 4.19. The number of hydrogen-bond donors (Lipinski definition) is 4. The van der Waals surface area contributed by atoms with Crippen molar-refractivity contribution in [3.05, 3.63) is 0 Å². The number of amides is 1. The Hall–Kier alpha value is 0.310. The van der Waals surface area contributed by atoms with Crippen LogP contribution in [-0.4, -0.2) is 49.0 Å². The molecule has 102 valence electrons. The minimum atomic E-state index is -0.561. The first kappa shape index (κ1) is 17.3. The number of nitrogens with one attached hydrogen (secondary N) is 4. The van der Waals surface area contributed by atoms with Gasteiger partial charge in [0.15, 0.2) is 0 Å². The van der Waals surface area contributed by atoms with Gasteiger partial charge < -0.3 is 5.32 Å². The Morgan fingerprint density at radius 2 is 1.65 bits per heavy atom. The summed E-state index contributed by atoms with van der Waals surface area (Å²) in [5, 5.41) is 12.9. The third-order valence-corrected chi connectivity index (χ3v) is 5.30. The van der Waals surface area contributed by atoms with Gasteiger partial charge in [-0.25, -0.2) is 0 Å². The molecule has 1 unspecified atom stereocenters. The molecule has 0 aromatic rings. The molecular weight excluding hydrogens is 352 g/mol. The van der Waals surface area contributed by atoms with Crippen LogP contribution in [0.1, 0.15) is 13.3 Å². The molecule has 0 saturated heterocycles. The molecule has 0 aromatic heterocycles. The van der Waals surface area contributed by atoms with Crippen molar-refractivity contribution in [1.29, 1.82) is 0 Å². The highest BCUT2D eigenvalue weighted by Crippen LogP contribution is 2.19. The molecule has 0 rings (SSSR count).